The molecule has 1 amide bonds. The molecule has 39 heavy (non-hydrogen) atoms. The van der Waals surface area contributed by atoms with Crippen LogP contribution in [0.15, 0.2) is 64.9 Å². The van der Waals surface area contributed by atoms with Gasteiger partial charge in [0.1, 0.15) is 0 Å². The fourth-order valence-electron chi connectivity index (χ4n) is 3.98. The Kier molecular flexibility index (Phi) is 9.15. The number of thiophene rings is 1. The monoisotopic (exact) mass is 584 g/mol. The molecule has 0 unspecified atom stereocenters. The van der Waals surface area contributed by atoms with Crippen molar-refractivity contribution in [1.82, 2.24) is 9.21 Å². The minimum Gasteiger partial charge on any atom is -0.454 e. The second-order valence-electron chi connectivity index (χ2n) is 8.73. The van der Waals surface area contributed by atoms with Crippen molar-refractivity contribution in [2.24, 2.45) is 0 Å². The molecule has 8 nitrogen and oxygen atoms in total. The smallest absolute Gasteiger partial charge is 0.416 e. The number of nitrogens with zero attached hydrogens (tertiary/aromatic N) is 2. The summed E-state index contributed by atoms with van der Waals surface area (Å²) in [5.74, 6) is 0.629. The molecule has 2 aromatic carbocycles. The van der Waals surface area contributed by atoms with Crippen LogP contribution in [0.5, 0.6) is 11.5 Å². The Morgan fingerprint density at radius 3 is 2.56 bits per heavy atom. The van der Waals surface area contributed by atoms with Gasteiger partial charge < -0.3 is 19.1 Å². The van der Waals surface area contributed by atoms with Gasteiger partial charge in [0.05, 0.1) is 23.5 Å². The van der Waals surface area contributed by atoms with Crippen molar-refractivity contribution in [3.63, 3.8) is 0 Å². The number of alkyl halides is 3. The number of rotatable bonds is 12. The van der Waals surface area contributed by atoms with Crippen molar-refractivity contribution >= 4 is 27.3 Å². The second-order valence-corrected chi connectivity index (χ2v) is 11.7. The third kappa shape index (κ3) is 7.29. The molecular weight excluding hydrogens is 557 g/mol. The molecule has 1 aromatic heterocycles. The van der Waals surface area contributed by atoms with E-state index in [2.05, 4.69) is 0 Å². The van der Waals surface area contributed by atoms with Crippen LogP contribution >= 0.6 is 11.3 Å². The SMILES string of the molecule is COCCCN(CC(=O)N(Cc1ccc2c(c1)OCO2)Cc1cccs1)S(=O)(=O)c1cccc(C(F)(F)F)c1. The summed E-state index contributed by atoms with van der Waals surface area (Å²) in [6.07, 6.45) is -4.47. The molecule has 0 atom stereocenters. The largest absolute Gasteiger partial charge is 0.454 e. The van der Waals surface area contributed by atoms with Crippen molar-refractivity contribution in [3.05, 3.63) is 76.0 Å². The van der Waals surface area contributed by atoms with Crippen molar-refractivity contribution in [1.29, 1.82) is 0 Å². The molecule has 4 rings (SSSR count). The Balaban J connectivity index is 1.60. The summed E-state index contributed by atoms with van der Waals surface area (Å²) in [5.41, 5.74) is -0.343. The van der Waals surface area contributed by atoms with Crippen LogP contribution in [-0.4, -0.2) is 57.1 Å². The molecule has 210 valence electrons. The lowest BCUT2D eigenvalue weighted by atomic mass is 10.2. The van der Waals surface area contributed by atoms with Gasteiger partial charge in [-0.1, -0.05) is 18.2 Å². The first kappa shape index (κ1) is 28.9. The van der Waals surface area contributed by atoms with E-state index in [-0.39, 0.29) is 39.5 Å². The highest BCUT2D eigenvalue weighted by Gasteiger charge is 2.34. The summed E-state index contributed by atoms with van der Waals surface area (Å²) < 4.78 is 83.6. The molecule has 0 aliphatic carbocycles. The van der Waals surface area contributed by atoms with Gasteiger partial charge in [-0.15, -0.1) is 11.3 Å². The molecule has 1 aliphatic rings. The maximum Gasteiger partial charge on any atom is 0.416 e. The lowest BCUT2D eigenvalue weighted by Crippen LogP contribution is -2.43. The number of ether oxygens (including phenoxy) is 3. The van der Waals surface area contributed by atoms with Crippen molar-refractivity contribution in [2.75, 3.05) is 33.6 Å². The Labute approximate surface area is 228 Å². The van der Waals surface area contributed by atoms with E-state index in [4.69, 9.17) is 14.2 Å². The summed E-state index contributed by atoms with van der Waals surface area (Å²) >= 11 is 1.45. The maximum absolute atomic E-state index is 13.6. The zero-order chi connectivity index (χ0) is 28.0. The van der Waals surface area contributed by atoms with Crippen LogP contribution < -0.4 is 9.47 Å². The van der Waals surface area contributed by atoms with Crippen LogP contribution in [0.4, 0.5) is 13.2 Å². The topological polar surface area (TPSA) is 85.4 Å². The normalized spacial score (nSPS) is 13.2. The molecule has 0 saturated carbocycles. The quantitative estimate of drug-likeness (QED) is 0.286. The number of carbonyl (C=O) groups excluding carboxylic acids is 1. The first-order valence-electron chi connectivity index (χ1n) is 11.9. The van der Waals surface area contributed by atoms with Crippen molar-refractivity contribution in [2.45, 2.75) is 30.6 Å². The Bertz CT molecular complexity index is 1380. The summed E-state index contributed by atoms with van der Waals surface area (Å²) in [5, 5.41) is 1.87. The van der Waals surface area contributed by atoms with E-state index in [1.54, 1.807) is 18.2 Å². The predicted molar refractivity (Wildman–Crippen MR) is 138 cm³/mol. The zero-order valence-corrected chi connectivity index (χ0v) is 22.7. The van der Waals surface area contributed by atoms with E-state index in [0.717, 1.165) is 32.9 Å². The summed E-state index contributed by atoms with van der Waals surface area (Å²) in [6.45, 7) is 0.00988. The number of methoxy groups -OCH3 is 1. The molecule has 0 fully saturated rings. The van der Waals surface area contributed by atoms with Crippen molar-refractivity contribution < 1.29 is 40.6 Å². The Hall–Kier alpha value is -3.13. The average Bonchev–Trinajstić information content (AvgIpc) is 3.59. The lowest BCUT2D eigenvalue weighted by molar-refractivity contribution is -0.137. The van der Waals surface area contributed by atoms with Gasteiger partial charge in [0.15, 0.2) is 11.5 Å². The molecule has 1 aliphatic heterocycles. The highest BCUT2D eigenvalue weighted by molar-refractivity contribution is 7.89. The molecule has 3 aromatic rings. The van der Waals surface area contributed by atoms with Crippen LogP contribution in [0.25, 0.3) is 0 Å². The summed E-state index contributed by atoms with van der Waals surface area (Å²) in [4.78, 5) is 15.5. The van der Waals surface area contributed by atoms with E-state index in [1.165, 1.54) is 23.3 Å². The van der Waals surface area contributed by atoms with Gasteiger partial charge in [-0.2, -0.15) is 17.5 Å². The van der Waals surface area contributed by atoms with Crippen LogP contribution in [0.1, 0.15) is 22.4 Å². The van der Waals surface area contributed by atoms with Crippen molar-refractivity contribution in [3.8, 4) is 11.5 Å². The number of benzene rings is 2. The van der Waals surface area contributed by atoms with E-state index < -0.39 is 39.1 Å². The fourth-order valence-corrected chi connectivity index (χ4v) is 6.18. The first-order valence-corrected chi connectivity index (χ1v) is 14.2. The molecule has 13 heteroatoms. The van der Waals surface area contributed by atoms with Crippen LogP contribution in [0.3, 0.4) is 0 Å². The Morgan fingerprint density at radius 1 is 1.05 bits per heavy atom. The number of sulfonamides is 1. The minimum atomic E-state index is -4.72. The first-order chi connectivity index (χ1) is 18.6. The summed E-state index contributed by atoms with van der Waals surface area (Å²) in [7, 11) is -2.99. The molecule has 2 heterocycles. The van der Waals surface area contributed by atoms with E-state index >= 15 is 0 Å². The molecular formula is C26H27F3N2O6S2. The fraction of sp³-hybridized carbons (Fsp3) is 0.346. The molecule has 0 N–H and O–H groups in total. The zero-order valence-electron chi connectivity index (χ0n) is 21.0. The van der Waals surface area contributed by atoms with Gasteiger partial charge in [0.2, 0.25) is 22.7 Å². The third-order valence-electron chi connectivity index (χ3n) is 5.96. The number of halogens is 3. The summed E-state index contributed by atoms with van der Waals surface area (Å²) in [6, 6.07) is 12.5. The van der Waals surface area contributed by atoms with Gasteiger partial charge in [-0.3, -0.25) is 4.79 Å². The second kappa shape index (κ2) is 12.4. The third-order valence-corrected chi connectivity index (χ3v) is 8.66. The highest BCUT2D eigenvalue weighted by Crippen LogP contribution is 2.33. The van der Waals surface area contributed by atoms with Gasteiger partial charge in [-0.25, -0.2) is 8.42 Å². The van der Waals surface area contributed by atoms with Gasteiger partial charge >= 0.3 is 6.18 Å². The van der Waals surface area contributed by atoms with Gasteiger partial charge in [-0.05, 0) is 53.8 Å². The average molecular weight is 585 g/mol. The lowest BCUT2D eigenvalue weighted by Gasteiger charge is -2.27. The van der Waals surface area contributed by atoms with Crippen LogP contribution in [0, 0.1) is 0 Å². The molecule has 0 bridgehead atoms. The maximum atomic E-state index is 13.6. The standard InChI is InChI=1S/C26H27F3N2O6S2/c1-35-11-4-10-31(39(33,34)22-7-2-5-20(14-22)26(27,28)29)17-25(32)30(16-21-6-3-12-38-21)15-19-8-9-23-24(13-19)37-18-36-23/h2-3,5-9,12-14H,4,10-11,15-18H2,1H3. The minimum absolute atomic E-state index is 0.0977. The van der Waals surface area contributed by atoms with E-state index in [1.807, 2.05) is 17.5 Å². The predicted octanol–water partition coefficient (Wildman–Crippen LogP) is 4.75. The number of hydrogen-bond donors (Lipinski definition) is 0. The number of fused-ring (bicyclic) bond motifs is 1. The molecule has 0 radical (unpaired) electrons. The molecule has 0 saturated heterocycles. The van der Waals surface area contributed by atoms with Gasteiger partial charge in [0, 0.05) is 31.7 Å². The van der Waals surface area contributed by atoms with Crippen LogP contribution in [0.2, 0.25) is 0 Å². The number of carbonyl (C=O) groups is 1. The van der Waals surface area contributed by atoms with Crippen LogP contribution in [-0.2, 0) is 38.8 Å². The number of amides is 1. The highest BCUT2D eigenvalue weighted by atomic mass is 32.2. The van der Waals surface area contributed by atoms with Gasteiger partial charge in [0.25, 0.3) is 0 Å². The Morgan fingerprint density at radius 2 is 1.85 bits per heavy atom. The van der Waals surface area contributed by atoms with E-state index in [9.17, 15) is 26.4 Å². The molecule has 0 spiro atoms. The number of hydrogen-bond acceptors (Lipinski definition) is 7. The van der Waals surface area contributed by atoms with E-state index in [0.29, 0.717) is 17.6 Å².